The van der Waals surface area contributed by atoms with Crippen LogP contribution in [-0.2, 0) is 0 Å². The molecule has 0 bridgehead atoms. The first-order valence-corrected chi connectivity index (χ1v) is 6.77. The van der Waals surface area contributed by atoms with Crippen molar-refractivity contribution in [3.05, 3.63) is 39.0 Å². The standard InChI is InChI=1S/C12H11BrN2O2S/c1-17-10-4-5-18-11(10)12(16)15-9-3-2-7(13)6-8(9)14/h2-6H,14H2,1H3,(H,15,16). The predicted octanol–water partition coefficient (Wildman–Crippen LogP) is 3.35. The van der Waals surface area contributed by atoms with Crippen LogP contribution >= 0.6 is 27.3 Å². The number of thiophene rings is 1. The molecule has 94 valence electrons. The van der Waals surface area contributed by atoms with Gasteiger partial charge in [0, 0.05) is 4.47 Å². The minimum Gasteiger partial charge on any atom is -0.495 e. The molecular weight excluding hydrogens is 316 g/mol. The molecule has 0 aliphatic heterocycles. The molecule has 1 aromatic carbocycles. The lowest BCUT2D eigenvalue weighted by Crippen LogP contribution is -2.12. The van der Waals surface area contributed by atoms with E-state index in [0.29, 0.717) is 22.0 Å². The molecular formula is C12H11BrN2O2S. The topological polar surface area (TPSA) is 64.3 Å². The average molecular weight is 327 g/mol. The van der Waals surface area contributed by atoms with Crippen molar-refractivity contribution >= 4 is 44.5 Å². The summed E-state index contributed by atoms with van der Waals surface area (Å²) in [4.78, 5) is 12.6. The number of hydrogen-bond donors (Lipinski definition) is 2. The maximum absolute atomic E-state index is 12.0. The quantitative estimate of drug-likeness (QED) is 0.850. The molecule has 1 amide bonds. The Balaban J connectivity index is 2.21. The largest absolute Gasteiger partial charge is 0.495 e. The minimum absolute atomic E-state index is 0.226. The summed E-state index contributed by atoms with van der Waals surface area (Å²) in [6.07, 6.45) is 0. The Morgan fingerprint density at radius 3 is 2.89 bits per heavy atom. The van der Waals surface area contributed by atoms with Crippen molar-refractivity contribution in [3.8, 4) is 5.75 Å². The molecule has 0 atom stereocenters. The van der Waals surface area contributed by atoms with Crippen LogP contribution in [0.3, 0.4) is 0 Å². The molecule has 0 radical (unpaired) electrons. The molecule has 0 saturated carbocycles. The highest BCUT2D eigenvalue weighted by Crippen LogP contribution is 2.28. The van der Waals surface area contributed by atoms with Gasteiger partial charge in [0.15, 0.2) is 0 Å². The number of ether oxygens (including phenoxy) is 1. The number of carbonyl (C=O) groups excluding carboxylic acids is 1. The van der Waals surface area contributed by atoms with Crippen molar-refractivity contribution in [2.24, 2.45) is 0 Å². The van der Waals surface area contributed by atoms with Gasteiger partial charge in [0.25, 0.3) is 5.91 Å². The van der Waals surface area contributed by atoms with Crippen LogP contribution in [0.2, 0.25) is 0 Å². The van der Waals surface area contributed by atoms with Crippen molar-refractivity contribution in [2.75, 3.05) is 18.2 Å². The molecule has 0 fully saturated rings. The number of nitrogens with one attached hydrogen (secondary N) is 1. The first-order chi connectivity index (χ1) is 8.61. The van der Waals surface area contributed by atoms with Crippen LogP contribution in [0.5, 0.6) is 5.75 Å². The van der Waals surface area contributed by atoms with Gasteiger partial charge in [-0.25, -0.2) is 0 Å². The third-order valence-corrected chi connectivity index (χ3v) is 3.70. The van der Waals surface area contributed by atoms with E-state index in [1.807, 2.05) is 6.07 Å². The zero-order valence-electron chi connectivity index (χ0n) is 9.57. The van der Waals surface area contributed by atoms with E-state index in [2.05, 4.69) is 21.2 Å². The highest BCUT2D eigenvalue weighted by molar-refractivity contribution is 9.10. The number of halogens is 1. The molecule has 0 spiro atoms. The maximum atomic E-state index is 12.0. The summed E-state index contributed by atoms with van der Waals surface area (Å²) in [6, 6.07) is 7.06. The lowest BCUT2D eigenvalue weighted by Gasteiger charge is -2.08. The van der Waals surface area contributed by atoms with Gasteiger partial charge in [0.05, 0.1) is 18.5 Å². The molecule has 0 saturated heterocycles. The van der Waals surface area contributed by atoms with Gasteiger partial charge in [-0.3, -0.25) is 4.79 Å². The summed E-state index contributed by atoms with van der Waals surface area (Å²) in [5.41, 5.74) is 6.91. The van der Waals surface area contributed by atoms with Gasteiger partial charge < -0.3 is 15.8 Å². The van der Waals surface area contributed by atoms with Crippen LogP contribution in [0.15, 0.2) is 34.1 Å². The van der Waals surface area contributed by atoms with Crippen LogP contribution in [-0.4, -0.2) is 13.0 Å². The molecule has 3 N–H and O–H groups in total. The van der Waals surface area contributed by atoms with Crippen molar-refractivity contribution in [3.63, 3.8) is 0 Å². The van der Waals surface area contributed by atoms with E-state index < -0.39 is 0 Å². The average Bonchev–Trinajstić information content (AvgIpc) is 2.81. The summed E-state index contributed by atoms with van der Waals surface area (Å²) < 4.78 is 5.97. The molecule has 0 aliphatic rings. The number of benzene rings is 1. The number of amides is 1. The van der Waals surface area contributed by atoms with Gasteiger partial charge in [-0.2, -0.15) is 0 Å². The van der Waals surface area contributed by atoms with Crippen LogP contribution in [0, 0.1) is 0 Å². The highest BCUT2D eigenvalue weighted by atomic mass is 79.9. The number of hydrogen-bond acceptors (Lipinski definition) is 4. The monoisotopic (exact) mass is 326 g/mol. The number of nitrogen functional groups attached to an aromatic ring is 1. The Morgan fingerprint density at radius 1 is 1.44 bits per heavy atom. The number of carbonyl (C=O) groups is 1. The van der Waals surface area contributed by atoms with Crippen LogP contribution < -0.4 is 15.8 Å². The number of nitrogens with two attached hydrogens (primary N) is 1. The van der Waals surface area contributed by atoms with E-state index in [4.69, 9.17) is 10.5 Å². The Kier molecular flexibility index (Phi) is 3.88. The fourth-order valence-electron chi connectivity index (χ4n) is 1.45. The van der Waals surface area contributed by atoms with Gasteiger partial charge in [0.2, 0.25) is 0 Å². The second kappa shape index (κ2) is 5.41. The summed E-state index contributed by atoms with van der Waals surface area (Å²) in [7, 11) is 1.53. The zero-order valence-corrected chi connectivity index (χ0v) is 12.0. The number of anilines is 2. The summed E-state index contributed by atoms with van der Waals surface area (Å²) in [5, 5.41) is 4.56. The molecule has 0 unspecified atom stereocenters. The van der Waals surface area contributed by atoms with Gasteiger partial charge in [-0.05, 0) is 29.6 Å². The van der Waals surface area contributed by atoms with Gasteiger partial charge in [0.1, 0.15) is 10.6 Å². The van der Waals surface area contributed by atoms with E-state index in [0.717, 1.165) is 4.47 Å². The second-order valence-corrected chi connectivity index (χ2v) is 5.34. The Bertz CT molecular complexity index is 583. The molecule has 6 heteroatoms. The SMILES string of the molecule is COc1ccsc1C(=O)Nc1ccc(Br)cc1N. The van der Waals surface area contributed by atoms with Crippen molar-refractivity contribution in [1.82, 2.24) is 0 Å². The van der Waals surface area contributed by atoms with Crippen molar-refractivity contribution in [2.45, 2.75) is 0 Å². The fourth-order valence-corrected chi connectivity index (χ4v) is 2.58. The summed E-state index contributed by atoms with van der Waals surface area (Å²) in [5.74, 6) is 0.337. The van der Waals surface area contributed by atoms with E-state index in [1.165, 1.54) is 18.4 Å². The predicted molar refractivity (Wildman–Crippen MR) is 77.4 cm³/mol. The lowest BCUT2D eigenvalue weighted by molar-refractivity contribution is 0.102. The van der Waals surface area contributed by atoms with Gasteiger partial charge >= 0.3 is 0 Å². The minimum atomic E-state index is -0.226. The molecule has 0 aliphatic carbocycles. The first-order valence-electron chi connectivity index (χ1n) is 5.09. The fraction of sp³-hybridized carbons (Fsp3) is 0.0833. The third-order valence-electron chi connectivity index (χ3n) is 2.32. The Labute approximate surface area is 117 Å². The van der Waals surface area contributed by atoms with E-state index in [1.54, 1.807) is 23.6 Å². The molecule has 4 nitrogen and oxygen atoms in total. The van der Waals surface area contributed by atoms with Crippen LogP contribution in [0.4, 0.5) is 11.4 Å². The van der Waals surface area contributed by atoms with Crippen LogP contribution in [0.1, 0.15) is 9.67 Å². The van der Waals surface area contributed by atoms with E-state index >= 15 is 0 Å². The van der Waals surface area contributed by atoms with Crippen molar-refractivity contribution < 1.29 is 9.53 Å². The first kappa shape index (κ1) is 12.9. The maximum Gasteiger partial charge on any atom is 0.269 e. The van der Waals surface area contributed by atoms with Gasteiger partial charge in [-0.1, -0.05) is 15.9 Å². The van der Waals surface area contributed by atoms with E-state index in [-0.39, 0.29) is 5.91 Å². The molecule has 2 aromatic rings. The smallest absolute Gasteiger partial charge is 0.269 e. The van der Waals surface area contributed by atoms with Crippen molar-refractivity contribution in [1.29, 1.82) is 0 Å². The summed E-state index contributed by atoms with van der Waals surface area (Å²) in [6.45, 7) is 0. The molecule has 2 rings (SSSR count). The summed E-state index contributed by atoms with van der Waals surface area (Å²) >= 11 is 4.64. The Morgan fingerprint density at radius 2 is 2.22 bits per heavy atom. The zero-order chi connectivity index (χ0) is 13.1. The highest BCUT2D eigenvalue weighted by Gasteiger charge is 2.14. The molecule has 18 heavy (non-hydrogen) atoms. The molecule has 1 heterocycles. The second-order valence-electron chi connectivity index (χ2n) is 3.50. The third kappa shape index (κ3) is 2.65. The number of methoxy groups -OCH3 is 1. The Hall–Kier alpha value is -1.53. The lowest BCUT2D eigenvalue weighted by atomic mass is 10.2. The van der Waals surface area contributed by atoms with E-state index in [9.17, 15) is 4.79 Å². The van der Waals surface area contributed by atoms with Crippen LogP contribution in [0.25, 0.3) is 0 Å². The number of rotatable bonds is 3. The van der Waals surface area contributed by atoms with Gasteiger partial charge in [-0.15, -0.1) is 11.3 Å². The molecule has 1 aromatic heterocycles. The normalized spacial score (nSPS) is 10.1.